The maximum Gasteiger partial charge on any atom is 3.00 e. The third-order valence-electron chi connectivity index (χ3n) is 0. The Morgan fingerprint density at radius 2 is 0.308 bits per heavy atom. The van der Waals surface area contributed by atoms with E-state index in [0.717, 1.165) is 0 Å². The molecule has 0 aromatic rings. The molecule has 0 aliphatic rings. The van der Waals surface area contributed by atoms with E-state index in [0.29, 0.717) is 0 Å². The molecule has 0 aromatic heterocycles. The Labute approximate surface area is 102 Å². The molecular formula is C6N6U-3. The number of hydrogen-bond acceptors (Lipinski definition) is 6. The molecule has 0 atom stereocenters. The van der Waals surface area contributed by atoms with Gasteiger partial charge in [0.15, 0.2) is 0 Å². The number of nitrogens with zero attached hydrogens (tertiary/aromatic N) is 6. The number of rotatable bonds is 0. The zero-order chi connectivity index (χ0) is 12.0. The molecule has 0 unspecified atom stereocenters. The van der Waals surface area contributed by atoms with Gasteiger partial charge in [-0.05, 0) is 0 Å². The average molecular weight is 394 g/mol. The smallest absolute Gasteiger partial charge is 0.512 e. The van der Waals surface area contributed by atoms with Crippen molar-refractivity contribution in [3.05, 3.63) is 39.4 Å². The van der Waals surface area contributed by atoms with E-state index in [1.54, 1.807) is 0 Å². The molecule has 0 aromatic carbocycles. The molecule has 0 N–H and O–H groups in total. The van der Waals surface area contributed by atoms with Crippen molar-refractivity contribution < 1.29 is 31.1 Å². The third-order valence-corrected chi connectivity index (χ3v) is 0. The number of hydrogen-bond donors (Lipinski definition) is 0. The van der Waals surface area contributed by atoms with Crippen molar-refractivity contribution in [2.75, 3.05) is 0 Å². The second-order valence-corrected chi connectivity index (χ2v) is 0. The van der Waals surface area contributed by atoms with Gasteiger partial charge in [0.25, 0.3) is 0 Å². The summed E-state index contributed by atoms with van der Waals surface area (Å²) in [5.74, 6) is 0. The topological polar surface area (TPSA) is 143 Å². The van der Waals surface area contributed by atoms with Gasteiger partial charge < -0.3 is 71.0 Å². The van der Waals surface area contributed by atoms with Crippen LogP contribution in [-0.2, 0) is 0 Å². The maximum atomic E-state index is 6.25. The largest absolute Gasteiger partial charge is 3.00 e. The van der Waals surface area contributed by atoms with Crippen LogP contribution in [0.3, 0.4) is 0 Å². The fourth-order valence-corrected chi connectivity index (χ4v) is 0. The standard InChI is InChI=1S/6CN.U/c6*1-2;/q6*-1;+3. The van der Waals surface area contributed by atoms with Crippen LogP contribution in [0.15, 0.2) is 0 Å². The van der Waals surface area contributed by atoms with Gasteiger partial charge in [-0.3, -0.25) is 0 Å². The zero-order valence-corrected chi connectivity index (χ0v) is 10.3. The van der Waals surface area contributed by atoms with Crippen LogP contribution in [0.5, 0.6) is 0 Å². The van der Waals surface area contributed by atoms with Gasteiger partial charge in [0.05, 0.1) is 0 Å². The van der Waals surface area contributed by atoms with Gasteiger partial charge in [-0.2, -0.15) is 0 Å². The summed E-state index contributed by atoms with van der Waals surface area (Å²) in [6.45, 7) is 28.5. The van der Waals surface area contributed by atoms with Crippen LogP contribution in [-0.4, -0.2) is 0 Å². The van der Waals surface area contributed by atoms with Gasteiger partial charge in [0, 0.05) is 0 Å². The average Bonchev–Trinajstić information content (AvgIpc) is 2.33. The summed E-state index contributed by atoms with van der Waals surface area (Å²) in [4.78, 5) is 0. The van der Waals surface area contributed by atoms with Crippen molar-refractivity contribution >= 4 is 0 Å². The summed E-state index contributed by atoms with van der Waals surface area (Å²) in [6.07, 6.45) is 0. The molecule has 61 valence electrons. The molecular weight excluding hydrogens is 394 g/mol. The second kappa shape index (κ2) is 200. The summed E-state index contributed by atoms with van der Waals surface area (Å²) >= 11 is 0. The summed E-state index contributed by atoms with van der Waals surface area (Å²) < 4.78 is 0. The van der Waals surface area contributed by atoms with Crippen LogP contribution in [0.2, 0.25) is 0 Å². The SMILES string of the molecule is [C-]#N.[C-]#N.[C-]#N.[C-]#N.[C-]#N.[C-]#N.[U+3]. The summed E-state index contributed by atoms with van der Waals surface area (Å²) in [6, 6.07) is 0. The minimum atomic E-state index is 0. The molecule has 0 heterocycles. The van der Waals surface area contributed by atoms with Crippen LogP contribution in [0, 0.1) is 102 Å². The van der Waals surface area contributed by atoms with Crippen LogP contribution in [0.4, 0.5) is 0 Å². The minimum absolute atomic E-state index is 0. The molecule has 0 saturated carbocycles. The maximum absolute atomic E-state index is 6.25. The van der Waals surface area contributed by atoms with E-state index in [-0.39, 0.29) is 31.1 Å². The van der Waals surface area contributed by atoms with E-state index >= 15 is 0 Å². The molecule has 0 aliphatic carbocycles. The van der Waals surface area contributed by atoms with Crippen molar-refractivity contribution in [2.24, 2.45) is 0 Å². The van der Waals surface area contributed by atoms with Gasteiger partial charge in [0.1, 0.15) is 0 Å². The van der Waals surface area contributed by atoms with Gasteiger partial charge in [-0.15, -0.1) is 0 Å². The van der Waals surface area contributed by atoms with E-state index in [1.807, 2.05) is 0 Å². The Balaban J connectivity index is -0.00000000655. The zero-order valence-electron chi connectivity index (χ0n) is 6.18. The Morgan fingerprint density at radius 3 is 0.308 bits per heavy atom. The fraction of sp³-hybridized carbons (Fsp3) is 0. The van der Waals surface area contributed by atoms with E-state index in [1.165, 1.54) is 0 Å². The first-order chi connectivity index (χ1) is 6.00. The monoisotopic (exact) mass is 394 g/mol. The second-order valence-electron chi connectivity index (χ2n) is 0. The molecule has 0 rings (SSSR count). The molecule has 0 bridgehead atoms. The predicted molar refractivity (Wildman–Crippen MR) is 29.8 cm³/mol. The Hall–Kier alpha value is -2.01. The molecule has 0 spiro atoms. The normalized spacial score (nSPS) is 0.923. The van der Waals surface area contributed by atoms with Gasteiger partial charge in [-0.25, -0.2) is 0 Å². The molecule has 0 amide bonds. The van der Waals surface area contributed by atoms with Crippen molar-refractivity contribution in [1.82, 2.24) is 0 Å². The quantitative estimate of drug-likeness (QED) is 0.550. The first-order valence-corrected chi connectivity index (χ1v) is 1.34. The summed E-state index contributed by atoms with van der Waals surface area (Å²) in [7, 11) is 0. The van der Waals surface area contributed by atoms with Crippen molar-refractivity contribution in [3.8, 4) is 0 Å². The molecule has 6 nitrogen and oxygen atoms in total. The van der Waals surface area contributed by atoms with Crippen molar-refractivity contribution in [3.63, 3.8) is 0 Å². The molecule has 1 radical (unpaired) electrons. The van der Waals surface area contributed by atoms with Gasteiger partial charge in [0.2, 0.25) is 0 Å². The first-order valence-electron chi connectivity index (χ1n) is 1.34. The fourth-order valence-electron chi connectivity index (χ4n) is 0. The van der Waals surface area contributed by atoms with E-state index < -0.39 is 0 Å². The Kier molecular flexibility index (Phi) is 1060. The predicted octanol–water partition coefficient (Wildman–Crippen LogP) is 0.578. The minimum Gasteiger partial charge on any atom is -0.512 e. The van der Waals surface area contributed by atoms with Crippen LogP contribution in [0.1, 0.15) is 0 Å². The van der Waals surface area contributed by atoms with E-state index in [4.69, 9.17) is 71.0 Å². The van der Waals surface area contributed by atoms with Crippen molar-refractivity contribution in [1.29, 1.82) is 31.6 Å². The van der Waals surface area contributed by atoms with Gasteiger partial charge >= 0.3 is 31.1 Å². The van der Waals surface area contributed by atoms with Crippen LogP contribution < -0.4 is 0 Å². The molecule has 0 aliphatic heterocycles. The van der Waals surface area contributed by atoms with E-state index in [9.17, 15) is 0 Å². The third kappa shape index (κ3) is 158. The van der Waals surface area contributed by atoms with Crippen LogP contribution >= 0.6 is 0 Å². The van der Waals surface area contributed by atoms with Gasteiger partial charge in [-0.1, -0.05) is 0 Å². The molecule has 0 fully saturated rings. The Morgan fingerprint density at radius 1 is 0.308 bits per heavy atom. The Bertz CT molecular complexity index is 92.1. The van der Waals surface area contributed by atoms with Crippen LogP contribution in [0.25, 0.3) is 0 Å². The van der Waals surface area contributed by atoms with E-state index in [2.05, 4.69) is 0 Å². The molecule has 7 heteroatoms. The molecule has 0 saturated heterocycles. The summed E-state index contributed by atoms with van der Waals surface area (Å²) in [5, 5.41) is 37.5. The van der Waals surface area contributed by atoms with Crippen molar-refractivity contribution in [2.45, 2.75) is 0 Å². The summed E-state index contributed by atoms with van der Waals surface area (Å²) in [5.41, 5.74) is 0. The first kappa shape index (κ1) is 68.9. The molecule has 13 heavy (non-hydrogen) atoms.